The summed E-state index contributed by atoms with van der Waals surface area (Å²) in [4.78, 5) is 24.6. The number of hydrogen-bond acceptors (Lipinski definition) is 5. The van der Waals surface area contributed by atoms with Crippen LogP contribution in [0.15, 0.2) is 55.1 Å². The van der Waals surface area contributed by atoms with E-state index in [-0.39, 0.29) is 6.04 Å². The highest BCUT2D eigenvalue weighted by Crippen LogP contribution is 2.51. The summed E-state index contributed by atoms with van der Waals surface area (Å²) in [5.41, 5.74) is 8.48. The minimum absolute atomic E-state index is 0.201. The first-order valence-electron chi connectivity index (χ1n) is 14.7. The van der Waals surface area contributed by atoms with Crippen LogP contribution in [0.5, 0.6) is 0 Å². The molecule has 2 aromatic carbocycles. The molecule has 8 rings (SSSR count). The second-order valence-electron chi connectivity index (χ2n) is 12.4. The van der Waals surface area contributed by atoms with Crippen LogP contribution in [-0.2, 0) is 0 Å². The maximum atomic E-state index is 4.73. The second kappa shape index (κ2) is 8.88. The van der Waals surface area contributed by atoms with Crippen molar-refractivity contribution in [2.24, 2.45) is 23.7 Å². The summed E-state index contributed by atoms with van der Waals surface area (Å²) in [6.45, 7) is 9.12. The molecule has 5 aromatic rings. The van der Waals surface area contributed by atoms with Gasteiger partial charge in [-0.25, -0.2) is 15.0 Å². The average molecular weight is 533 g/mol. The van der Waals surface area contributed by atoms with Gasteiger partial charge in [-0.1, -0.05) is 51.1 Å². The minimum Gasteiger partial charge on any atom is -0.344 e. The maximum absolute atomic E-state index is 4.73. The number of nitrogens with one attached hydrogen (secondary N) is 5. The molecule has 5 N–H and O–H groups in total. The standard InChI is InChI=1S/C32H36N8/c1-15-16(2)27(15)37-18(4)31-33-12-25(39-31)20-7-5-19(6-8-20)21-9-10-22(30-29(21)35-14-36-30)26-13-34-32(40-26)24-11-23-17(3)28(23)38-24/h5-10,12-18,23-24,27-28,37-38H,11H2,1-4H3,(H,33,39)(H,34,40)(H,35,36). The predicted molar refractivity (Wildman–Crippen MR) is 157 cm³/mol. The molecule has 8 nitrogen and oxygen atoms in total. The molecule has 3 aliphatic rings. The van der Waals surface area contributed by atoms with Crippen molar-refractivity contribution in [3.8, 4) is 33.6 Å². The smallest absolute Gasteiger partial charge is 0.123 e. The number of imidazole rings is 3. The van der Waals surface area contributed by atoms with Gasteiger partial charge in [0, 0.05) is 23.2 Å². The number of H-pyrrole nitrogens is 3. The van der Waals surface area contributed by atoms with E-state index >= 15 is 0 Å². The maximum Gasteiger partial charge on any atom is 0.123 e. The van der Waals surface area contributed by atoms with E-state index in [0.29, 0.717) is 18.1 Å². The fraction of sp³-hybridized carbons (Fsp3) is 0.406. The number of aromatic amines is 3. The molecule has 2 aliphatic carbocycles. The van der Waals surface area contributed by atoms with Crippen LogP contribution in [0.25, 0.3) is 44.7 Å². The van der Waals surface area contributed by atoms with Crippen molar-refractivity contribution in [3.63, 3.8) is 0 Å². The van der Waals surface area contributed by atoms with E-state index in [9.17, 15) is 0 Å². The second-order valence-corrected chi connectivity index (χ2v) is 12.4. The zero-order valence-corrected chi connectivity index (χ0v) is 23.4. The summed E-state index contributed by atoms with van der Waals surface area (Å²) in [7, 11) is 0. The van der Waals surface area contributed by atoms with Crippen molar-refractivity contribution < 1.29 is 0 Å². The number of rotatable bonds is 7. The summed E-state index contributed by atoms with van der Waals surface area (Å²) >= 11 is 0. The molecule has 7 atom stereocenters. The Morgan fingerprint density at radius 3 is 2.33 bits per heavy atom. The van der Waals surface area contributed by atoms with Gasteiger partial charge in [0.15, 0.2) is 0 Å². The molecular formula is C32H36N8. The van der Waals surface area contributed by atoms with Gasteiger partial charge in [0.25, 0.3) is 0 Å². The molecule has 1 aliphatic heterocycles. The molecule has 4 heterocycles. The van der Waals surface area contributed by atoms with Crippen molar-refractivity contribution >= 4 is 11.0 Å². The summed E-state index contributed by atoms with van der Waals surface area (Å²) in [5.74, 6) is 5.09. The molecule has 3 fully saturated rings. The highest BCUT2D eigenvalue weighted by atomic mass is 15.1. The Morgan fingerprint density at radius 1 is 0.825 bits per heavy atom. The fourth-order valence-electron chi connectivity index (χ4n) is 6.95. The Labute approximate surface area is 233 Å². The molecule has 0 bridgehead atoms. The van der Waals surface area contributed by atoms with Crippen LogP contribution in [-0.4, -0.2) is 42.0 Å². The monoisotopic (exact) mass is 532 g/mol. The lowest BCUT2D eigenvalue weighted by Gasteiger charge is -2.11. The van der Waals surface area contributed by atoms with Gasteiger partial charge in [-0.15, -0.1) is 0 Å². The van der Waals surface area contributed by atoms with Crippen LogP contribution in [0, 0.1) is 23.7 Å². The van der Waals surface area contributed by atoms with Crippen molar-refractivity contribution in [1.29, 1.82) is 0 Å². The molecule has 40 heavy (non-hydrogen) atoms. The minimum atomic E-state index is 0.201. The van der Waals surface area contributed by atoms with Crippen LogP contribution in [0.1, 0.15) is 57.8 Å². The Bertz CT molecular complexity index is 1670. The zero-order valence-electron chi connectivity index (χ0n) is 23.4. The van der Waals surface area contributed by atoms with Crippen molar-refractivity contribution in [2.45, 2.75) is 58.3 Å². The number of benzene rings is 2. The lowest BCUT2D eigenvalue weighted by Crippen LogP contribution is -2.23. The van der Waals surface area contributed by atoms with Gasteiger partial charge in [-0.2, -0.15) is 0 Å². The van der Waals surface area contributed by atoms with Crippen LogP contribution in [0.2, 0.25) is 0 Å². The van der Waals surface area contributed by atoms with E-state index in [1.165, 1.54) is 6.42 Å². The summed E-state index contributed by atoms with van der Waals surface area (Å²) < 4.78 is 0. The van der Waals surface area contributed by atoms with Gasteiger partial charge in [0.2, 0.25) is 0 Å². The molecule has 1 saturated heterocycles. The summed E-state index contributed by atoms with van der Waals surface area (Å²) in [6, 6.07) is 14.8. The third kappa shape index (κ3) is 3.84. The zero-order chi connectivity index (χ0) is 27.1. The highest BCUT2D eigenvalue weighted by molar-refractivity contribution is 6.00. The van der Waals surface area contributed by atoms with Crippen LogP contribution in [0.3, 0.4) is 0 Å². The molecule has 204 valence electrons. The number of fused-ring (bicyclic) bond motifs is 2. The molecule has 0 amide bonds. The van der Waals surface area contributed by atoms with E-state index in [1.807, 2.05) is 12.4 Å². The number of aromatic nitrogens is 6. The average Bonchev–Trinajstić information content (AvgIpc) is 3.55. The quantitative estimate of drug-likeness (QED) is 0.177. The third-order valence-corrected chi connectivity index (χ3v) is 10.0. The van der Waals surface area contributed by atoms with Gasteiger partial charge in [-0.3, -0.25) is 0 Å². The molecule has 0 radical (unpaired) electrons. The van der Waals surface area contributed by atoms with E-state index in [0.717, 1.165) is 80.0 Å². The van der Waals surface area contributed by atoms with Gasteiger partial charge in [0.05, 0.1) is 53.2 Å². The van der Waals surface area contributed by atoms with E-state index in [4.69, 9.17) is 9.97 Å². The van der Waals surface area contributed by atoms with Crippen molar-refractivity contribution in [3.05, 3.63) is 66.8 Å². The Morgan fingerprint density at radius 2 is 1.57 bits per heavy atom. The van der Waals surface area contributed by atoms with E-state index in [2.05, 4.69) is 94.7 Å². The molecular weight excluding hydrogens is 496 g/mol. The summed E-state index contributed by atoms with van der Waals surface area (Å²) in [6.07, 6.45) is 6.83. The Kier molecular flexibility index (Phi) is 5.34. The Hall–Kier alpha value is -3.75. The number of hydrogen-bond donors (Lipinski definition) is 5. The third-order valence-electron chi connectivity index (χ3n) is 10.0. The van der Waals surface area contributed by atoms with E-state index < -0.39 is 0 Å². The van der Waals surface area contributed by atoms with Crippen LogP contribution < -0.4 is 10.6 Å². The summed E-state index contributed by atoms with van der Waals surface area (Å²) in [5, 5.41) is 7.44. The van der Waals surface area contributed by atoms with Crippen molar-refractivity contribution in [1.82, 2.24) is 40.5 Å². The van der Waals surface area contributed by atoms with Gasteiger partial charge in [-0.05, 0) is 54.2 Å². The normalized spacial score (nSPS) is 29.6. The SMILES string of the molecule is CC(NC1C(C)C1C)c1ncc(-c2ccc(-c3ccc(-c4cnc(C5CC6C(C)C6N5)[nH]4)c4nc[nH]c34)cc2)[nH]1. The molecule has 3 aromatic heterocycles. The fourth-order valence-corrected chi connectivity index (χ4v) is 6.95. The molecule has 7 unspecified atom stereocenters. The lowest BCUT2D eigenvalue weighted by atomic mass is 9.99. The lowest BCUT2D eigenvalue weighted by molar-refractivity contribution is 0.498. The predicted octanol–water partition coefficient (Wildman–Crippen LogP) is 5.98. The molecule has 0 spiro atoms. The first kappa shape index (κ1) is 24.1. The van der Waals surface area contributed by atoms with Crippen LogP contribution >= 0.6 is 0 Å². The number of nitrogens with zero attached hydrogens (tertiary/aromatic N) is 3. The molecule has 2 saturated carbocycles. The van der Waals surface area contributed by atoms with Gasteiger partial charge >= 0.3 is 0 Å². The Balaban J connectivity index is 1.02. The largest absolute Gasteiger partial charge is 0.344 e. The highest BCUT2D eigenvalue weighted by Gasteiger charge is 2.53. The first-order chi connectivity index (χ1) is 19.5. The van der Waals surface area contributed by atoms with E-state index in [1.54, 1.807) is 6.33 Å². The van der Waals surface area contributed by atoms with Crippen LogP contribution in [0.4, 0.5) is 0 Å². The first-order valence-corrected chi connectivity index (χ1v) is 14.7. The molecule has 8 heteroatoms. The topological polar surface area (TPSA) is 110 Å². The van der Waals surface area contributed by atoms with Crippen molar-refractivity contribution in [2.75, 3.05) is 0 Å². The van der Waals surface area contributed by atoms with Gasteiger partial charge < -0.3 is 25.6 Å². The number of piperidine rings is 1. The van der Waals surface area contributed by atoms with Gasteiger partial charge in [0.1, 0.15) is 11.6 Å².